The van der Waals surface area contributed by atoms with Crippen molar-refractivity contribution >= 4 is 0 Å². The molecule has 0 atom stereocenters. The first-order chi connectivity index (χ1) is 5.56. The number of halogens is 1. The molecule has 12 heavy (non-hydrogen) atoms. The van der Waals surface area contributed by atoms with Crippen LogP contribution in [0.3, 0.4) is 0 Å². The molecule has 0 aliphatic carbocycles. The van der Waals surface area contributed by atoms with E-state index >= 15 is 0 Å². The molecule has 1 aromatic heterocycles. The molecule has 0 spiro atoms. The molecule has 0 bridgehead atoms. The van der Waals surface area contributed by atoms with Crippen molar-refractivity contribution in [2.75, 3.05) is 6.61 Å². The second-order valence-electron chi connectivity index (χ2n) is 3.41. The van der Waals surface area contributed by atoms with Crippen LogP contribution in [-0.2, 0) is 5.41 Å². The summed E-state index contributed by atoms with van der Waals surface area (Å²) in [6.07, 6.45) is 1.45. The number of rotatable bonds is 2. The Balaban J connectivity index is 2.96. The summed E-state index contributed by atoms with van der Waals surface area (Å²) in [6.45, 7) is 3.78. The molecule has 0 amide bonds. The van der Waals surface area contributed by atoms with Gasteiger partial charge in [0.25, 0.3) is 0 Å². The summed E-state index contributed by atoms with van der Waals surface area (Å²) < 4.78 is 12.4. The average molecular weight is 169 g/mol. The first kappa shape index (κ1) is 9.13. The fourth-order valence-corrected chi connectivity index (χ4v) is 0.867. The van der Waals surface area contributed by atoms with E-state index in [1.54, 1.807) is 6.07 Å². The summed E-state index contributed by atoms with van der Waals surface area (Å²) in [5.74, 6) is -0.493. The van der Waals surface area contributed by atoms with Crippen LogP contribution >= 0.6 is 0 Å². The van der Waals surface area contributed by atoms with Gasteiger partial charge in [-0.05, 0) is 11.6 Å². The maximum atomic E-state index is 12.4. The van der Waals surface area contributed by atoms with Crippen molar-refractivity contribution in [1.29, 1.82) is 0 Å². The molecule has 0 saturated carbocycles. The minimum Gasteiger partial charge on any atom is -0.395 e. The molecule has 0 unspecified atom stereocenters. The molecule has 0 aliphatic heterocycles. The van der Waals surface area contributed by atoms with Gasteiger partial charge in [0.05, 0.1) is 6.61 Å². The van der Waals surface area contributed by atoms with E-state index in [4.69, 9.17) is 5.11 Å². The molecule has 1 rings (SSSR count). The van der Waals surface area contributed by atoms with E-state index in [1.165, 1.54) is 12.3 Å². The minimum absolute atomic E-state index is 0.0281. The third kappa shape index (κ3) is 1.80. The highest BCUT2D eigenvalue weighted by Gasteiger charge is 2.19. The lowest BCUT2D eigenvalue weighted by atomic mass is 9.87. The summed E-state index contributed by atoms with van der Waals surface area (Å²) in [5.41, 5.74) is 0.493. The van der Waals surface area contributed by atoms with Gasteiger partial charge in [-0.25, -0.2) is 4.98 Å². The van der Waals surface area contributed by atoms with Crippen LogP contribution in [0.4, 0.5) is 4.39 Å². The van der Waals surface area contributed by atoms with E-state index in [-0.39, 0.29) is 12.0 Å². The van der Waals surface area contributed by atoms with E-state index in [2.05, 4.69) is 4.98 Å². The van der Waals surface area contributed by atoms with Crippen molar-refractivity contribution in [1.82, 2.24) is 4.98 Å². The summed E-state index contributed by atoms with van der Waals surface area (Å²) in [7, 11) is 0. The van der Waals surface area contributed by atoms with Gasteiger partial charge in [-0.1, -0.05) is 19.9 Å². The molecular formula is C9H12FNO. The Morgan fingerprint density at radius 2 is 2.17 bits per heavy atom. The van der Waals surface area contributed by atoms with Gasteiger partial charge >= 0.3 is 0 Å². The molecule has 1 N–H and O–H groups in total. The number of hydrogen-bond donors (Lipinski definition) is 1. The van der Waals surface area contributed by atoms with E-state index in [1.807, 2.05) is 13.8 Å². The molecule has 0 aliphatic rings. The molecule has 0 saturated heterocycles. The fraction of sp³-hybridized carbons (Fsp3) is 0.444. The Labute approximate surface area is 71.1 Å². The van der Waals surface area contributed by atoms with Gasteiger partial charge in [-0.3, -0.25) is 0 Å². The maximum Gasteiger partial charge on any atom is 0.212 e. The summed E-state index contributed by atoms with van der Waals surface area (Å²) in [4.78, 5) is 3.52. The zero-order valence-electron chi connectivity index (χ0n) is 7.21. The SMILES string of the molecule is CC(C)(CO)c1ccc(F)nc1. The summed E-state index contributed by atoms with van der Waals surface area (Å²) >= 11 is 0. The van der Waals surface area contributed by atoms with Gasteiger partial charge in [-0.2, -0.15) is 4.39 Å². The summed E-state index contributed by atoms with van der Waals surface area (Å²) in [6, 6.07) is 2.94. The van der Waals surface area contributed by atoms with Crippen LogP contribution in [0.2, 0.25) is 0 Å². The molecule has 0 radical (unpaired) electrons. The van der Waals surface area contributed by atoms with Crippen LogP contribution in [0.25, 0.3) is 0 Å². The third-order valence-corrected chi connectivity index (χ3v) is 1.90. The zero-order chi connectivity index (χ0) is 9.19. The number of nitrogens with zero attached hydrogens (tertiary/aromatic N) is 1. The highest BCUT2D eigenvalue weighted by atomic mass is 19.1. The van der Waals surface area contributed by atoms with E-state index in [0.29, 0.717) is 0 Å². The van der Waals surface area contributed by atoms with Crippen LogP contribution in [0.5, 0.6) is 0 Å². The van der Waals surface area contributed by atoms with Crippen LogP contribution < -0.4 is 0 Å². The number of aliphatic hydroxyl groups is 1. The predicted molar refractivity (Wildman–Crippen MR) is 44.3 cm³/mol. The smallest absolute Gasteiger partial charge is 0.212 e. The predicted octanol–water partition coefficient (Wildman–Crippen LogP) is 1.49. The Hall–Kier alpha value is -0.960. The van der Waals surface area contributed by atoms with Crippen LogP contribution in [-0.4, -0.2) is 16.7 Å². The Morgan fingerprint density at radius 1 is 1.50 bits per heavy atom. The van der Waals surface area contributed by atoms with Crippen LogP contribution in [0, 0.1) is 5.95 Å². The van der Waals surface area contributed by atoms with Crippen molar-refractivity contribution < 1.29 is 9.50 Å². The monoisotopic (exact) mass is 169 g/mol. The lowest BCUT2D eigenvalue weighted by molar-refractivity contribution is 0.218. The second-order valence-corrected chi connectivity index (χ2v) is 3.41. The number of hydrogen-bond acceptors (Lipinski definition) is 2. The number of aliphatic hydroxyl groups excluding tert-OH is 1. The Bertz CT molecular complexity index is 256. The molecule has 0 aromatic carbocycles. The van der Waals surface area contributed by atoms with Gasteiger partial charge < -0.3 is 5.11 Å². The standard InChI is InChI=1S/C9H12FNO/c1-9(2,6-12)7-3-4-8(10)11-5-7/h3-5,12H,6H2,1-2H3. The van der Waals surface area contributed by atoms with Crippen LogP contribution in [0.15, 0.2) is 18.3 Å². The number of aromatic nitrogens is 1. The van der Waals surface area contributed by atoms with Crippen molar-refractivity contribution in [2.45, 2.75) is 19.3 Å². The molecular weight excluding hydrogens is 157 g/mol. The van der Waals surface area contributed by atoms with Crippen molar-refractivity contribution in [3.63, 3.8) is 0 Å². The Kier molecular flexibility index (Phi) is 2.43. The van der Waals surface area contributed by atoms with Gasteiger partial charge in [-0.15, -0.1) is 0 Å². The van der Waals surface area contributed by atoms with Crippen LogP contribution in [0.1, 0.15) is 19.4 Å². The fourth-order valence-electron chi connectivity index (χ4n) is 0.867. The first-order valence-electron chi connectivity index (χ1n) is 3.79. The van der Waals surface area contributed by atoms with Gasteiger partial charge in [0.1, 0.15) is 0 Å². The van der Waals surface area contributed by atoms with E-state index in [9.17, 15) is 4.39 Å². The lowest BCUT2D eigenvalue weighted by Gasteiger charge is -2.21. The third-order valence-electron chi connectivity index (χ3n) is 1.90. The highest BCUT2D eigenvalue weighted by Crippen LogP contribution is 2.20. The molecule has 1 heterocycles. The molecule has 0 fully saturated rings. The molecule has 2 nitrogen and oxygen atoms in total. The first-order valence-corrected chi connectivity index (χ1v) is 3.79. The second kappa shape index (κ2) is 3.19. The van der Waals surface area contributed by atoms with Gasteiger partial charge in [0, 0.05) is 11.6 Å². The van der Waals surface area contributed by atoms with Crippen molar-refractivity contribution in [2.24, 2.45) is 0 Å². The quantitative estimate of drug-likeness (QED) is 0.680. The molecule has 1 aromatic rings. The number of pyridine rings is 1. The minimum atomic E-state index is -0.493. The summed E-state index contributed by atoms with van der Waals surface area (Å²) in [5, 5.41) is 9.00. The lowest BCUT2D eigenvalue weighted by Crippen LogP contribution is -2.22. The Morgan fingerprint density at radius 3 is 2.58 bits per heavy atom. The largest absolute Gasteiger partial charge is 0.395 e. The highest BCUT2D eigenvalue weighted by molar-refractivity contribution is 5.19. The normalized spacial score (nSPS) is 11.7. The zero-order valence-corrected chi connectivity index (χ0v) is 7.21. The average Bonchev–Trinajstić information content (AvgIpc) is 2.05. The van der Waals surface area contributed by atoms with Gasteiger partial charge in [0.15, 0.2) is 0 Å². The maximum absolute atomic E-state index is 12.4. The van der Waals surface area contributed by atoms with Gasteiger partial charge in [0.2, 0.25) is 5.95 Å². The topological polar surface area (TPSA) is 33.1 Å². The van der Waals surface area contributed by atoms with E-state index in [0.717, 1.165) is 5.56 Å². The molecule has 3 heteroatoms. The van der Waals surface area contributed by atoms with E-state index < -0.39 is 5.95 Å². The van der Waals surface area contributed by atoms with Crippen molar-refractivity contribution in [3.05, 3.63) is 29.8 Å². The van der Waals surface area contributed by atoms with Crippen molar-refractivity contribution in [3.8, 4) is 0 Å². The molecule has 66 valence electrons.